The van der Waals surface area contributed by atoms with E-state index >= 15 is 0 Å². The van der Waals surface area contributed by atoms with Gasteiger partial charge in [0.2, 0.25) is 0 Å². The van der Waals surface area contributed by atoms with Gasteiger partial charge in [0.05, 0.1) is 4.55 Å². The summed E-state index contributed by atoms with van der Waals surface area (Å²) in [4.78, 5) is 2.50. The Labute approximate surface area is 82.9 Å². The zero-order valence-corrected chi connectivity index (χ0v) is 9.47. The molecular weight excluding hydrogens is 251 g/mol. The largest absolute Gasteiger partial charge is 0.315 e. The van der Waals surface area contributed by atoms with Crippen LogP contribution in [0.4, 0.5) is 0 Å². The fraction of sp³-hybridized carbons (Fsp3) is 1.00. The van der Waals surface area contributed by atoms with Gasteiger partial charge in [-0.25, -0.2) is 0 Å². The van der Waals surface area contributed by atoms with Gasteiger partial charge >= 0.3 is 0 Å². The molecule has 0 saturated carbocycles. The van der Waals surface area contributed by atoms with Crippen molar-refractivity contribution in [2.45, 2.75) is 19.4 Å². The first-order valence-corrected chi connectivity index (χ1v) is 5.76. The molecule has 0 aliphatic carbocycles. The summed E-state index contributed by atoms with van der Waals surface area (Å²) < 4.78 is 1.17. The highest BCUT2D eigenvalue weighted by atomic mass is 127. The van der Waals surface area contributed by atoms with Gasteiger partial charge in [-0.1, -0.05) is 29.5 Å². The summed E-state index contributed by atoms with van der Waals surface area (Å²) in [6, 6.07) is 0.707. The van der Waals surface area contributed by atoms with E-state index in [9.17, 15) is 0 Å². The summed E-state index contributed by atoms with van der Waals surface area (Å²) in [5, 5.41) is 3.37. The zero-order valence-electron chi connectivity index (χ0n) is 7.31. The first-order chi connectivity index (χ1) is 5.27. The quantitative estimate of drug-likeness (QED) is 0.461. The van der Waals surface area contributed by atoms with E-state index in [2.05, 4.69) is 46.8 Å². The minimum atomic E-state index is 0.707. The van der Waals surface area contributed by atoms with Gasteiger partial charge in [-0.3, -0.25) is 4.90 Å². The van der Waals surface area contributed by atoms with Crippen molar-refractivity contribution >= 4 is 22.6 Å². The Morgan fingerprint density at radius 1 is 1.64 bits per heavy atom. The van der Waals surface area contributed by atoms with Crippen LogP contribution in [0.5, 0.6) is 0 Å². The zero-order chi connectivity index (χ0) is 8.27. The van der Waals surface area contributed by atoms with E-state index in [1.165, 1.54) is 24.1 Å². The number of hydrogen-bond donors (Lipinski definition) is 1. The van der Waals surface area contributed by atoms with Crippen molar-refractivity contribution in [2.75, 3.05) is 24.7 Å². The molecule has 0 amide bonds. The molecule has 0 spiro atoms. The van der Waals surface area contributed by atoms with Gasteiger partial charge in [0, 0.05) is 12.6 Å². The first-order valence-electron chi connectivity index (χ1n) is 4.23. The molecule has 1 fully saturated rings. The third-order valence-electron chi connectivity index (χ3n) is 2.58. The van der Waals surface area contributed by atoms with E-state index in [0.717, 1.165) is 5.92 Å². The van der Waals surface area contributed by atoms with Crippen molar-refractivity contribution in [2.24, 2.45) is 5.92 Å². The Kier molecular flexibility index (Phi) is 4.09. The molecule has 0 radical (unpaired) electrons. The Morgan fingerprint density at radius 2 is 2.36 bits per heavy atom. The third kappa shape index (κ3) is 2.56. The Balaban J connectivity index is 2.37. The molecule has 0 unspecified atom stereocenters. The predicted molar refractivity (Wildman–Crippen MR) is 57.1 cm³/mol. The average molecular weight is 268 g/mol. The van der Waals surface area contributed by atoms with Gasteiger partial charge in [0.15, 0.2) is 0 Å². The van der Waals surface area contributed by atoms with Crippen molar-refractivity contribution in [3.8, 4) is 0 Å². The van der Waals surface area contributed by atoms with Crippen LogP contribution in [0.15, 0.2) is 0 Å². The van der Waals surface area contributed by atoms with E-state index in [0.29, 0.717) is 6.04 Å². The second-order valence-corrected chi connectivity index (χ2v) is 4.04. The molecule has 0 bridgehead atoms. The molecule has 0 aromatic heterocycles. The molecule has 1 N–H and O–H groups in total. The van der Waals surface area contributed by atoms with Crippen LogP contribution in [0.25, 0.3) is 0 Å². The monoisotopic (exact) mass is 268 g/mol. The lowest BCUT2D eigenvalue weighted by molar-refractivity contribution is 0.179. The van der Waals surface area contributed by atoms with E-state index in [1.54, 1.807) is 0 Å². The molecule has 0 aromatic rings. The van der Waals surface area contributed by atoms with Crippen LogP contribution in [0.1, 0.15) is 13.3 Å². The molecule has 1 aliphatic rings. The van der Waals surface area contributed by atoms with Crippen LogP contribution in [0.3, 0.4) is 0 Å². The topological polar surface area (TPSA) is 15.3 Å². The van der Waals surface area contributed by atoms with E-state index in [4.69, 9.17) is 0 Å². The predicted octanol–water partition coefficient (Wildman–Crippen LogP) is 1.31. The number of likely N-dealkylation sites (tertiary alicyclic amines) is 1. The molecule has 1 heterocycles. The van der Waals surface area contributed by atoms with Crippen LogP contribution in [0, 0.1) is 5.92 Å². The summed E-state index contributed by atoms with van der Waals surface area (Å²) in [5.74, 6) is 0.846. The molecule has 1 aliphatic heterocycles. The number of piperidine rings is 1. The van der Waals surface area contributed by atoms with Crippen molar-refractivity contribution in [1.82, 2.24) is 10.2 Å². The number of alkyl halides is 1. The van der Waals surface area contributed by atoms with Crippen LogP contribution < -0.4 is 5.32 Å². The lowest BCUT2D eigenvalue weighted by Gasteiger charge is -2.35. The molecule has 2 nitrogen and oxygen atoms in total. The molecular formula is C8H17IN2. The fourth-order valence-corrected chi connectivity index (χ4v) is 2.24. The minimum Gasteiger partial charge on any atom is -0.315 e. The van der Waals surface area contributed by atoms with Gasteiger partial charge in [0.1, 0.15) is 0 Å². The third-order valence-corrected chi connectivity index (χ3v) is 3.55. The summed E-state index contributed by atoms with van der Waals surface area (Å²) in [7, 11) is 2.07. The Hall–Kier alpha value is 0.650. The number of nitrogens with zero attached hydrogens (tertiary/aromatic N) is 1. The second kappa shape index (κ2) is 4.62. The van der Waals surface area contributed by atoms with E-state index in [1.807, 2.05) is 0 Å². The maximum atomic E-state index is 3.37. The number of halogens is 1. The maximum absolute atomic E-state index is 3.37. The molecule has 2 atom stereocenters. The van der Waals surface area contributed by atoms with Gasteiger partial charge in [-0.2, -0.15) is 0 Å². The fourth-order valence-electron chi connectivity index (χ4n) is 1.62. The van der Waals surface area contributed by atoms with Gasteiger partial charge in [0.25, 0.3) is 0 Å². The molecule has 0 aromatic carbocycles. The maximum Gasteiger partial charge on any atom is 0.0506 e. The average Bonchev–Trinajstić information content (AvgIpc) is 2.05. The first kappa shape index (κ1) is 9.74. The van der Waals surface area contributed by atoms with Gasteiger partial charge in [-0.15, -0.1) is 0 Å². The minimum absolute atomic E-state index is 0.707. The highest BCUT2D eigenvalue weighted by molar-refractivity contribution is 14.1. The number of nitrogens with one attached hydrogen (secondary N) is 1. The molecule has 11 heavy (non-hydrogen) atoms. The van der Waals surface area contributed by atoms with E-state index in [-0.39, 0.29) is 0 Å². The highest BCUT2D eigenvalue weighted by Gasteiger charge is 2.23. The van der Waals surface area contributed by atoms with Crippen molar-refractivity contribution in [3.05, 3.63) is 0 Å². The number of likely N-dealkylation sites (N-methyl/N-ethyl adjacent to an activating group) is 1. The van der Waals surface area contributed by atoms with Crippen LogP contribution in [-0.4, -0.2) is 35.6 Å². The lowest BCUT2D eigenvalue weighted by atomic mass is 9.94. The van der Waals surface area contributed by atoms with Crippen molar-refractivity contribution in [3.63, 3.8) is 0 Å². The normalized spacial score (nSPS) is 34.1. The summed E-state index contributed by atoms with van der Waals surface area (Å²) >= 11 is 2.44. The van der Waals surface area contributed by atoms with Crippen LogP contribution in [0.2, 0.25) is 0 Å². The Morgan fingerprint density at radius 3 is 2.91 bits per heavy atom. The molecule has 66 valence electrons. The molecule has 1 saturated heterocycles. The summed E-state index contributed by atoms with van der Waals surface area (Å²) in [5.41, 5.74) is 0. The molecule has 3 heteroatoms. The summed E-state index contributed by atoms with van der Waals surface area (Å²) in [6.07, 6.45) is 1.34. The van der Waals surface area contributed by atoms with Crippen LogP contribution >= 0.6 is 22.6 Å². The second-order valence-electron chi connectivity index (χ2n) is 3.36. The van der Waals surface area contributed by atoms with Crippen LogP contribution in [-0.2, 0) is 0 Å². The number of rotatable bonds is 2. The van der Waals surface area contributed by atoms with Crippen molar-refractivity contribution < 1.29 is 0 Å². The summed E-state index contributed by atoms with van der Waals surface area (Å²) in [6.45, 7) is 4.84. The van der Waals surface area contributed by atoms with E-state index < -0.39 is 0 Å². The van der Waals surface area contributed by atoms with Crippen molar-refractivity contribution in [1.29, 1.82) is 0 Å². The molecule has 1 rings (SSSR count). The van der Waals surface area contributed by atoms with Gasteiger partial charge < -0.3 is 5.32 Å². The van der Waals surface area contributed by atoms with Gasteiger partial charge in [-0.05, 0) is 25.9 Å². The highest BCUT2D eigenvalue weighted by Crippen LogP contribution is 2.17. The SMILES string of the molecule is CN[C@H]1CN(CI)CC[C@H]1C. The smallest absolute Gasteiger partial charge is 0.0506 e. The Bertz CT molecular complexity index is 119. The number of hydrogen-bond acceptors (Lipinski definition) is 2. The standard InChI is InChI=1S/C8H17IN2/c1-7-3-4-11(6-9)5-8(7)10-2/h7-8,10H,3-6H2,1-2H3/t7-,8+/m1/s1. The lowest BCUT2D eigenvalue weighted by Crippen LogP contribution is -2.48.